The smallest absolute Gasteiger partial charge is 0.295 e. The van der Waals surface area contributed by atoms with Crippen molar-refractivity contribution in [1.29, 1.82) is 0 Å². The minimum atomic E-state index is -0.215. The molecule has 4 nitrogen and oxygen atoms in total. The molecule has 1 saturated heterocycles. The molecule has 0 aliphatic carbocycles. The van der Waals surface area contributed by atoms with Crippen LogP contribution in [0.1, 0.15) is 36.4 Å². The van der Waals surface area contributed by atoms with Gasteiger partial charge in [-0.1, -0.05) is 6.07 Å². The van der Waals surface area contributed by atoms with Crippen LogP contribution in [0.3, 0.4) is 0 Å². The number of carbonyl (C=O) groups excluding carboxylic acids is 1. The van der Waals surface area contributed by atoms with E-state index in [2.05, 4.69) is 4.99 Å². The third kappa shape index (κ3) is 3.32. The van der Waals surface area contributed by atoms with Crippen LogP contribution in [-0.2, 0) is 4.74 Å². The summed E-state index contributed by atoms with van der Waals surface area (Å²) in [5, 5.41) is 1.88. The topological polar surface area (TPSA) is 41.9 Å². The Kier molecular flexibility index (Phi) is 4.36. The Morgan fingerprint density at radius 1 is 1.44 bits per heavy atom. The fraction of sp³-hybridized carbons (Fsp3) is 0.538. The quantitative estimate of drug-likeness (QED) is 0.610. The highest BCUT2D eigenvalue weighted by molar-refractivity contribution is 7.12. The molecule has 0 radical (unpaired) electrons. The third-order valence-electron chi connectivity index (χ3n) is 2.65. The molecule has 0 spiro atoms. The molecule has 1 fully saturated rings. The average Bonchev–Trinajstić information content (AvgIpc) is 3.01. The van der Waals surface area contributed by atoms with Crippen LogP contribution in [0.5, 0.6) is 0 Å². The summed E-state index contributed by atoms with van der Waals surface area (Å²) in [5.74, 6) is -0.215. The van der Waals surface area contributed by atoms with Gasteiger partial charge in [0.15, 0.2) is 0 Å². The first-order valence-electron chi connectivity index (χ1n) is 6.25. The Morgan fingerprint density at radius 2 is 2.17 bits per heavy atom. The average molecular weight is 266 g/mol. The highest BCUT2D eigenvalue weighted by Crippen LogP contribution is 2.14. The largest absolute Gasteiger partial charge is 0.462 e. The van der Waals surface area contributed by atoms with E-state index in [-0.39, 0.29) is 12.0 Å². The van der Waals surface area contributed by atoms with Crippen molar-refractivity contribution in [1.82, 2.24) is 4.90 Å². The lowest BCUT2D eigenvalue weighted by Gasteiger charge is -2.21. The van der Waals surface area contributed by atoms with E-state index in [1.54, 1.807) is 6.07 Å². The predicted molar refractivity (Wildman–Crippen MR) is 73.1 cm³/mol. The highest BCUT2D eigenvalue weighted by atomic mass is 32.1. The van der Waals surface area contributed by atoms with Gasteiger partial charge in [0.2, 0.25) is 0 Å². The molecule has 2 rings (SSSR count). The van der Waals surface area contributed by atoms with Gasteiger partial charge >= 0.3 is 0 Å². The maximum atomic E-state index is 12.0. The molecule has 0 saturated carbocycles. The van der Waals surface area contributed by atoms with Crippen LogP contribution in [0.4, 0.5) is 0 Å². The molecule has 98 valence electrons. The molecule has 18 heavy (non-hydrogen) atoms. The molecule has 0 N–H and O–H groups in total. The number of aliphatic imine (C=N–C) groups is 1. The van der Waals surface area contributed by atoms with Crippen molar-refractivity contribution in [3.8, 4) is 0 Å². The fourth-order valence-corrected chi connectivity index (χ4v) is 2.44. The van der Waals surface area contributed by atoms with Crippen molar-refractivity contribution >= 4 is 23.3 Å². The Bertz CT molecular complexity index is 420. The Morgan fingerprint density at radius 3 is 2.72 bits per heavy atom. The number of nitrogens with zero attached hydrogens (tertiary/aromatic N) is 2. The minimum Gasteiger partial charge on any atom is -0.462 e. The van der Waals surface area contributed by atoms with E-state index < -0.39 is 0 Å². The normalized spacial score (nSPS) is 16.4. The number of hydrogen-bond donors (Lipinski definition) is 0. The first kappa shape index (κ1) is 13.1. The molecule has 1 aliphatic heterocycles. The molecule has 0 aromatic carbocycles. The van der Waals surface area contributed by atoms with Gasteiger partial charge in [-0.2, -0.15) is 4.99 Å². The van der Waals surface area contributed by atoms with Crippen molar-refractivity contribution in [3.63, 3.8) is 0 Å². The lowest BCUT2D eigenvalue weighted by atomic mass is 10.4. The SMILES string of the molecule is CC(C)OC(=NC(=O)c1cccs1)N1CCCC1. The maximum Gasteiger partial charge on any atom is 0.295 e. The number of likely N-dealkylation sites (tertiary alicyclic amines) is 1. The number of amidine groups is 1. The van der Waals surface area contributed by atoms with E-state index in [0.717, 1.165) is 25.9 Å². The van der Waals surface area contributed by atoms with Crippen molar-refractivity contribution in [2.24, 2.45) is 4.99 Å². The minimum absolute atomic E-state index is 0.0282. The lowest BCUT2D eigenvalue weighted by molar-refractivity contribution is 0.0994. The zero-order chi connectivity index (χ0) is 13.0. The number of hydrogen-bond acceptors (Lipinski definition) is 3. The van der Waals surface area contributed by atoms with Crippen LogP contribution in [-0.4, -0.2) is 36.0 Å². The molecular formula is C13H18N2O2S. The van der Waals surface area contributed by atoms with Gasteiger partial charge in [0.25, 0.3) is 11.9 Å². The van der Waals surface area contributed by atoms with E-state index in [1.807, 2.05) is 30.2 Å². The summed E-state index contributed by atoms with van der Waals surface area (Å²) >= 11 is 1.40. The Hall–Kier alpha value is -1.36. The van der Waals surface area contributed by atoms with E-state index in [4.69, 9.17) is 4.74 Å². The van der Waals surface area contributed by atoms with Crippen LogP contribution in [0.15, 0.2) is 22.5 Å². The van der Waals surface area contributed by atoms with Crippen molar-refractivity contribution in [2.75, 3.05) is 13.1 Å². The van der Waals surface area contributed by atoms with Crippen molar-refractivity contribution in [2.45, 2.75) is 32.8 Å². The van der Waals surface area contributed by atoms with Gasteiger partial charge in [0, 0.05) is 13.1 Å². The Balaban J connectivity index is 2.14. The summed E-state index contributed by atoms with van der Waals surface area (Å²) in [6.07, 6.45) is 2.29. The first-order valence-corrected chi connectivity index (χ1v) is 7.13. The van der Waals surface area contributed by atoms with Crippen LogP contribution in [0, 0.1) is 0 Å². The molecule has 0 atom stereocenters. The van der Waals surface area contributed by atoms with E-state index in [1.165, 1.54) is 11.3 Å². The zero-order valence-corrected chi connectivity index (χ0v) is 11.6. The standard InChI is InChI=1S/C13H18N2O2S/c1-10(2)17-13(15-7-3-4-8-15)14-12(16)11-6-5-9-18-11/h5-6,9-10H,3-4,7-8H2,1-2H3. The number of thiophene rings is 1. The summed E-state index contributed by atoms with van der Waals surface area (Å²) in [6, 6.07) is 4.11. The predicted octanol–water partition coefficient (Wildman–Crippen LogP) is 2.77. The van der Waals surface area contributed by atoms with E-state index in [0.29, 0.717) is 10.9 Å². The summed E-state index contributed by atoms with van der Waals surface area (Å²) < 4.78 is 5.66. The fourth-order valence-electron chi connectivity index (χ4n) is 1.83. The molecule has 5 heteroatoms. The summed E-state index contributed by atoms with van der Waals surface area (Å²) in [7, 11) is 0. The molecule has 1 amide bonds. The number of amides is 1. The van der Waals surface area contributed by atoms with Gasteiger partial charge < -0.3 is 9.64 Å². The first-order chi connectivity index (χ1) is 8.66. The molecule has 1 aromatic rings. The lowest BCUT2D eigenvalue weighted by Crippen LogP contribution is -2.32. The summed E-state index contributed by atoms with van der Waals surface area (Å²) in [4.78, 5) is 18.8. The van der Waals surface area contributed by atoms with Gasteiger partial charge in [-0.15, -0.1) is 11.3 Å². The Labute approximate surface area is 111 Å². The maximum absolute atomic E-state index is 12.0. The van der Waals surface area contributed by atoms with Gasteiger partial charge in [-0.3, -0.25) is 4.79 Å². The van der Waals surface area contributed by atoms with Crippen LogP contribution >= 0.6 is 11.3 Å². The number of ether oxygens (including phenoxy) is 1. The van der Waals surface area contributed by atoms with E-state index in [9.17, 15) is 4.79 Å². The number of carbonyl (C=O) groups is 1. The van der Waals surface area contributed by atoms with Gasteiger partial charge in [-0.25, -0.2) is 0 Å². The van der Waals surface area contributed by atoms with Crippen LogP contribution in [0.2, 0.25) is 0 Å². The second kappa shape index (κ2) is 6.00. The second-order valence-electron chi connectivity index (χ2n) is 4.54. The van der Waals surface area contributed by atoms with E-state index >= 15 is 0 Å². The zero-order valence-electron chi connectivity index (χ0n) is 10.8. The monoisotopic (exact) mass is 266 g/mol. The molecule has 0 unspecified atom stereocenters. The summed E-state index contributed by atoms with van der Waals surface area (Å²) in [5.41, 5.74) is 0. The van der Waals surface area contributed by atoms with Crippen molar-refractivity contribution in [3.05, 3.63) is 22.4 Å². The van der Waals surface area contributed by atoms with Gasteiger partial charge in [0.1, 0.15) is 0 Å². The summed E-state index contributed by atoms with van der Waals surface area (Å²) in [6.45, 7) is 5.73. The van der Waals surface area contributed by atoms with Crippen LogP contribution in [0.25, 0.3) is 0 Å². The molecule has 1 aliphatic rings. The van der Waals surface area contributed by atoms with Gasteiger partial charge in [-0.05, 0) is 38.1 Å². The molecular weight excluding hydrogens is 248 g/mol. The van der Waals surface area contributed by atoms with Gasteiger partial charge in [0.05, 0.1) is 11.0 Å². The molecule has 0 bridgehead atoms. The third-order valence-corrected chi connectivity index (χ3v) is 3.50. The van der Waals surface area contributed by atoms with Crippen molar-refractivity contribution < 1.29 is 9.53 Å². The van der Waals surface area contributed by atoms with Crippen LogP contribution < -0.4 is 0 Å². The highest BCUT2D eigenvalue weighted by Gasteiger charge is 2.20. The number of rotatable bonds is 2. The molecule has 1 aromatic heterocycles. The molecule has 2 heterocycles. The second-order valence-corrected chi connectivity index (χ2v) is 5.49.